The van der Waals surface area contributed by atoms with Gasteiger partial charge in [0.15, 0.2) is 11.3 Å². The van der Waals surface area contributed by atoms with Gasteiger partial charge < -0.3 is 10.1 Å². The van der Waals surface area contributed by atoms with E-state index in [1.165, 1.54) is 29.5 Å². The molecule has 1 aromatic heterocycles. The van der Waals surface area contributed by atoms with Crippen LogP contribution in [0.4, 0.5) is 5.69 Å². The van der Waals surface area contributed by atoms with Crippen LogP contribution in [0.1, 0.15) is 27.0 Å². The Labute approximate surface area is 136 Å². The Kier molecular flexibility index (Phi) is 5.42. The van der Waals surface area contributed by atoms with E-state index in [9.17, 15) is 19.7 Å². The highest BCUT2D eigenvalue weighted by atomic mass is 32.1. The third kappa shape index (κ3) is 3.92. The molecule has 0 spiro atoms. The number of hydrogen-bond donors (Lipinski definition) is 1. The molecular weight excluding hydrogens is 320 g/mol. The molecule has 1 aromatic carbocycles. The molecule has 0 aliphatic carbocycles. The molecule has 2 aromatic rings. The van der Waals surface area contributed by atoms with Crippen LogP contribution in [0.25, 0.3) is 0 Å². The molecule has 0 saturated heterocycles. The molecule has 120 valence electrons. The molecule has 0 aliphatic rings. The minimum absolute atomic E-state index is 0.114. The monoisotopic (exact) mass is 334 g/mol. The zero-order valence-electron chi connectivity index (χ0n) is 12.3. The second kappa shape index (κ2) is 7.50. The van der Waals surface area contributed by atoms with E-state index in [1.54, 1.807) is 24.4 Å². The first-order chi connectivity index (χ1) is 11.0. The summed E-state index contributed by atoms with van der Waals surface area (Å²) in [6.07, 6.45) is 0. The Hall–Kier alpha value is -2.74. The van der Waals surface area contributed by atoms with E-state index < -0.39 is 10.8 Å². The number of hydrogen-bond acceptors (Lipinski definition) is 6. The molecule has 0 bridgehead atoms. The van der Waals surface area contributed by atoms with Crippen molar-refractivity contribution in [3.63, 3.8) is 0 Å². The molecule has 1 heterocycles. The van der Waals surface area contributed by atoms with Crippen molar-refractivity contribution in [1.29, 1.82) is 0 Å². The van der Waals surface area contributed by atoms with Gasteiger partial charge in [0.2, 0.25) is 0 Å². The molecule has 0 unspecified atom stereocenters. The summed E-state index contributed by atoms with van der Waals surface area (Å²) in [4.78, 5) is 35.2. The van der Waals surface area contributed by atoms with Gasteiger partial charge in [0.25, 0.3) is 11.6 Å². The predicted octanol–water partition coefficient (Wildman–Crippen LogP) is 2.67. The summed E-state index contributed by atoms with van der Waals surface area (Å²) in [5.74, 6) is -0.863. The lowest BCUT2D eigenvalue weighted by Gasteiger charge is -2.10. The minimum atomic E-state index is -0.717. The molecule has 0 atom stereocenters. The highest BCUT2D eigenvalue weighted by Crippen LogP contribution is 2.28. The van der Waals surface area contributed by atoms with Crippen LogP contribution in [0, 0.1) is 10.1 Å². The predicted molar refractivity (Wildman–Crippen MR) is 85.2 cm³/mol. The number of ether oxygens (including phenoxy) is 1. The molecule has 0 saturated carbocycles. The molecule has 1 N–H and O–H groups in total. The number of Topliss-reactive ketones (excluding diaryl/α,β-unsaturated/α-hetero) is 1. The molecule has 0 fully saturated rings. The molecule has 2 rings (SSSR count). The number of nitrogens with zero attached hydrogens (tertiary/aromatic N) is 1. The van der Waals surface area contributed by atoms with E-state index >= 15 is 0 Å². The van der Waals surface area contributed by atoms with Crippen molar-refractivity contribution >= 4 is 28.7 Å². The van der Waals surface area contributed by atoms with Gasteiger partial charge >= 0.3 is 0 Å². The fourth-order valence-corrected chi connectivity index (χ4v) is 2.61. The lowest BCUT2D eigenvalue weighted by atomic mass is 10.1. The third-order valence-corrected chi connectivity index (χ3v) is 3.84. The van der Waals surface area contributed by atoms with Crippen molar-refractivity contribution in [1.82, 2.24) is 5.32 Å². The van der Waals surface area contributed by atoms with Crippen LogP contribution < -0.4 is 10.1 Å². The fourth-order valence-electron chi connectivity index (χ4n) is 1.95. The number of nitro groups is 1. The second-order valence-corrected chi connectivity index (χ2v) is 5.37. The minimum Gasteiger partial charge on any atom is -0.493 e. The van der Waals surface area contributed by atoms with Gasteiger partial charge in [0.05, 0.1) is 23.0 Å². The number of nitro benzene ring substituents is 1. The normalized spacial score (nSPS) is 10.1. The van der Waals surface area contributed by atoms with Crippen LogP contribution in [-0.2, 0) is 0 Å². The van der Waals surface area contributed by atoms with Crippen molar-refractivity contribution in [3.8, 4) is 5.75 Å². The van der Waals surface area contributed by atoms with Crippen molar-refractivity contribution < 1.29 is 19.2 Å². The quantitative estimate of drug-likeness (QED) is 0.477. The van der Waals surface area contributed by atoms with Gasteiger partial charge in [-0.25, -0.2) is 0 Å². The fraction of sp³-hybridized carbons (Fsp3) is 0.200. The summed E-state index contributed by atoms with van der Waals surface area (Å²) in [6.45, 7) is 1.73. The Balaban J connectivity index is 2.20. The number of ketones is 1. The zero-order valence-corrected chi connectivity index (χ0v) is 13.1. The van der Waals surface area contributed by atoms with Crippen LogP contribution in [-0.4, -0.2) is 29.8 Å². The standard InChI is InChI=1S/C15H14N2O5S/c1-2-22-12-6-3-5-10(17(20)21)14(12)15(19)16-9-11(18)13-7-4-8-23-13/h3-8H,2,9H2,1H3,(H,16,19). The number of benzene rings is 1. The number of rotatable bonds is 7. The van der Waals surface area contributed by atoms with E-state index in [1.807, 2.05) is 0 Å². The van der Waals surface area contributed by atoms with E-state index in [0.29, 0.717) is 4.88 Å². The van der Waals surface area contributed by atoms with Gasteiger partial charge in [0.1, 0.15) is 5.75 Å². The van der Waals surface area contributed by atoms with Crippen LogP contribution in [0.15, 0.2) is 35.7 Å². The van der Waals surface area contributed by atoms with E-state index in [0.717, 1.165) is 0 Å². The van der Waals surface area contributed by atoms with Crippen LogP contribution >= 0.6 is 11.3 Å². The molecular formula is C15H14N2O5S. The van der Waals surface area contributed by atoms with Crippen molar-refractivity contribution in [3.05, 3.63) is 56.3 Å². The average molecular weight is 334 g/mol. The number of carbonyl (C=O) groups excluding carboxylic acids is 2. The Morgan fingerprint density at radius 1 is 1.30 bits per heavy atom. The van der Waals surface area contributed by atoms with Crippen LogP contribution in [0.2, 0.25) is 0 Å². The maximum atomic E-state index is 12.3. The summed E-state index contributed by atoms with van der Waals surface area (Å²) < 4.78 is 5.28. The van der Waals surface area contributed by atoms with E-state index in [4.69, 9.17) is 4.74 Å². The molecule has 7 nitrogen and oxygen atoms in total. The molecule has 1 amide bonds. The number of amides is 1. The lowest BCUT2D eigenvalue weighted by Crippen LogP contribution is -2.30. The maximum absolute atomic E-state index is 12.3. The Morgan fingerprint density at radius 2 is 2.09 bits per heavy atom. The van der Waals surface area contributed by atoms with Crippen molar-refractivity contribution in [2.24, 2.45) is 0 Å². The van der Waals surface area contributed by atoms with Gasteiger partial charge in [-0.3, -0.25) is 19.7 Å². The first-order valence-electron chi connectivity index (χ1n) is 6.79. The Bertz CT molecular complexity index is 727. The third-order valence-electron chi connectivity index (χ3n) is 2.93. The Morgan fingerprint density at radius 3 is 2.70 bits per heavy atom. The highest BCUT2D eigenvalue weighted by Gasteiger charge is 2.25. The molecule has 8 heteroatoms. The molecule has 0 radical (unpaired) electrons. The van der Waals surface area contributed by atoms with Crippen molar-refractivity contribution in [2.45, 2.75) is 6.92 Å². The van der Waals surface area contributed by atoms with Crippen LogP contribution in [0.3, 0.4) is 0 Å². The maximum Gasteiger partial charge on any atom is 0.285 e. The number of carbonyl (C=O) groups is 2. The first-order valence-corrected chi connectivity index (χ1v) is 7.67. The van der Waals surface area contributed by atoms with Gasteiger partial charge in [0, 0.05) is 6.07 Å². The van der Waals surface area contributed by atoms with Crippen molar-refractivity contribution in [2.75, 3.05) is 13.2 Å². The first kappa shape index (κ1) is 16.6. The summed E-state index contributed by atoms with van der Waals surface area (Å²) >= 11 is 1.26. The second-order valence-electron chi connectivity index (χ2n) is 4.42. The largest absolute Gasteiger partial charge is 0.493 e. The van der Waals surface area contributed by atoms with Gasteiger partial charge in [-0.05, 0) is 24.4 Å². The average Bonchev–Trinajstić information content (AvgIpc) is 3.06. The summed E-state index contributed by atoms with van der Waals surface area (Å²) in [7, 11) is 0. The molecule has 23 heavy (non-hydrogen) atoms. The van der Waals surface area contributed by atoms with E-state index in [-0.39, 0.29) is 35.9 Å². The lowest BCUT2D eigenvalue weighted by molar-refractivity contribution is -0.385. The smallest absolute Gasteiger partial charge is 0.285 e. The SMILES string of the molecule is CCOc1cccc([N+](=O)[O-])c1C(=O)NCC(=O)c1cccs1. The van der Waals surface area contributed by atoms with Gasteiger partial charge in [-0.15, -0.1) is 11.3 Å². The number of nitrogens with one attached hydrogen (secondary N) is 1. The van der Waals surface area contributed by atoms with Gasteiger partial charge in [-0.2, -0.15) is 0 Å². The van der Waals surface area contributed by atoms with E-state index in [2.05, 4.69) is 5.32 Å². The zero-order chi connectivity index (χ0) is 16.8. The number of thiophene rings is 1. The van der Waals surface area contributed by atoms with Gasteiger partial charge in [-0.1, -0.05) is 12.1 Å². The highest BCUT2D eigenvalue weighted by molar-refractivity contribution is 7.12. The molecule has 0 aliphatic heterocycles. The summed E-state index contributed by atoms with van der Waals surface area (Å²) in [5.41, 5.74) is -0.546. The summed E-state index contributed by atoms with van der Waals surface area (Å²) in [5, 5.41) is 15.3. The topological polar surface area (TPSA) is 98.5 Å². The van der Waals surface area contributed by atoms with Crippen LogP contribution in [0.5, 0.6) is 5.75 Å². The summed E-state index contributed by atoms with van der Waals surface area (Å²) in [6, 6.07) is 7.52.